The van der Waals surface area contributed by atoms with E-state index in [4.69, 9.17) is 0 Å². The molecule has 1 heterocycles. The van der Waals surface area contributed by atoms with Crippen LogP contribution in [-0.4, -0.2) is 29.3 Å². The summed E-state index contributed by atoms with van der Waals surface area (Å²) in [6, 6.07) is 15.0. The Morgan fingerprint density at radius 2 is 1.47 bits per heavy atom. The zero-order chi connectivity index (χ0) is 22.1. The topological polar surface area (TPSA) is 57.7 Å². The van der Waals surface area contributed by atoms with Crippen LogP contribution < -0.4 is 4.90 Å². The average molecular weight is 427 g/mol. The van der Waals surface area contributed by atoms with Crippen LogP contribution in [0.15, 0.2) is 60.7 Å². The maximum absolute atomic E-state index is 13.5. The van der Waals surface area contributed by atoms with E-state index in [1.165, 1.54) is 4.90 Å². The highest BCUT2D eigenvalue weighted by Crippen LogP contribution is 2.65. The molecule has 0 N–H and O–H groups in total. The van der Waals surface area contributed by atoms with E-state index in [0.29, 0.717) is 23.1 Å². The Bertz CT molecular complexity index is 1110. The summed E-state index contributed by atoms with van der Waals surface area (Å²) in [5.41, 5.74) is 3.30. The number of anilines is 1. The van der Waals surface area contributed by atoms with Gasteiger partial charge < -0.3 is 0 Å². The number of hydrogen-bond acceptors (Lipinski definition) is 3. The number of allylic oxidation sites excluding steroid dienone is 2. The van der Waals surface area contributed by atoms with Gasteiger partial charge in [0.2, 0.25) is 11.8 Å². The minimum Gasteiger partial charge on any atom is -0.290 e. The maximum Gasteiger partial charge on any atom is 0.259 e. The van der Waals surface area contributed by atoms with Crippen LogP contribution in [0.25, 0.3) is 0 Å². The van der Waals surface area contributed by atoms with Crippen LogP contribution in [0.4, 0.5) is 5.69 Å². The lowest BCUT2D eigenvalue weighted by molar-refractivity contribution is -0.140. The van der Waals surface area contributed by atoms with Crippen molar-refractivity contribution in [1.82, 2.24) is 4.90 Å². The van der Waals surface area contributed by atoms with Gasteiger partial charge in [0.1, 0.15) is 6.67 Å². The minimum atomic E-state index is -0.255. The van der Waals surface area contributed by atoms with Crippen molar-refractivity contribution < 1.29 is 14.4 Å². The van der Waals surface area contributed by atoms with Crippen molar-refractivity contribution in [3.63, 3.8) is 0 Å². The molecule has 0 radical (unpaired) electrons. The number of hydrogen-bond donors (Lipinski definition) is 0. The number of benzene rings is 2. The summed E-state index contributed by atoms with van der Waals surface area (Å²) < 4.78 is 0. The van der Waals surface area contributed by atoms with Crippen LogP contribution in [-0.2, 0) is 9.59 Å². The molecule has 2 bridgehead atoms. The lowest BCUT2D eigenvalue weighted by Gasteiger charge is -2.37. The van der Waals surface area contributed by atoms with Gasteiger partial charge in [-0.3, -0.25) is 24.2 Å². The molecule has 0 spiro atoms. The summed E-state index contributed by atoms with van der Waals surface area (Å²) in [7, 11) is 0. The number of carbonyl (C=O) groups excluding carboxylic acids is 3. The van der Waals surface area contributed by atoms with Crippen LogP contribution in [0.3, 0.4) is 0 Å². The van der Waals surface area contributed by atoms with E-state index in [2.05, 4.69) is 12.2 Å². The first-order chi connectivity index (χ1) is 15.4. The molecule has 5 heteroatoms. The molecule has 7 rings (SSSR count). The summed E-state index contributed by atoms with van der Waals surface area (Å²) >= 11 is 0. The zero-order valence-electron chi connectivity index (χ0n) is 18.3. The maximum atomic E-state index is 13.5. The Balaban J connectivity index is 1.36. The predicted octanol–water partition coefficient (Wildman–Crippen LogP) is 3.96. The van der Waals surface area contributed by atoms with Crippen LogP contribution in [0, 0.1) is 49.4 Å². The highest BCUT2D eigenvalue weighted by Gasteiger charge is 2.67. The molecule has 6 atom stereocenters. The second-order valence-electron chi connectivity index (χ2n) is 9.85. The van der Waals surface area contributed by atoms with Crippen molar-refractivity contribution in [3.05, 3.63) is 77.4 Å². The first-order valence-electron chi connectivity index (χ1n) is 11.4. The number of likely N-dealkylation sites (tertiary alicyclic amines) is 1. The molecule has 5 nitrogen and oxygen atoms in total. The van der Waals surface area contributed by atoms with Gasteiger partial charge in [0.05, 0.1) is 11.8 Å². The molecule has 0 unspecified atom stereocenters. The Morgan fingerprint density at radius 3 is 2.03 bits per heavy atom. The molecule has 5 aliphatic rings. The number of aryl methyl sites for hydroxylation is 2. The predicted molar refractivity (Wildman–Crippen MR) is 121 cm³/mol. The lowest BCUT2D eigenvalue weighted by atomic mass is 9.63. The van der Waals surface area contributed by atoms with Crippen LogP contribution in [0.5, 0.6) is 0 Å². The van der Waals surface area contributed by atoms with E-state index in [0.717, 1.165) is 17.5 Å². The zero-order valence-corrected chi connectivity index (χ0v) is 18.3. The van der Waals surface area contributed by atoms with Gasteiger partial charge in [-0.15, -0.1) is 0 Å². The second kappa shape index (κ2) is 6.89. The van der Waals surface area contributed by atoms with Gasteiger partial charge in [0, 0.05) is 11.3 Å². The Morgan fingerprint density at radius 1 is 0.906 bits per heavy atom. The molecule has 1 aliphatic heterocycles. The van der Waals surface area contributed by atoms with Crippen molar-refractivity contribution in [3.8, 4) is 0 Å². The Hall–Kier alpha value is -3.21. The summed E-state index contributed by atoms with van der Waals surface area (Å²) in [6.45, 7) is 3.92. The summed E-state index contributed by atoms with van der Waals surface area (Å²) in [5.74, 6) is 0.527. The van der Waals surface area contributed by atoms with E-state index in [9.17, 15) is 14.4 Å². The quantitative estimate of drug-likeness (QED) is 0.549. The number of rotatable bonds is 4. The second-order valence-corrected chi connectivity index (χ2v) is 9.85. The fourth-order valence-corrected chi connectivity index (χ4v) is 6.41. The minimum absolute atomic E-state index is 0.0456. The third-order valence-electron chi connectivity index (χ3n) is 7.82. The molecule has 4 aliphatic carbocycles. The smallest absolute Gasteiger partial charge is 0.259 e. The van der Waals surface area contributed by atoms with Crippen molar-refractivity contribution in [2.24, 2.45) is 35.5 Å². The number of amides is 3. The molecule has 0 aromatic heterocycles. The van der Waals surface area contributed by atoms with Gasteiger partial charge in [0.25, 0.3) is 5.91 Å². The molecule has 1 saturated heterocycles. The van der Waals surface area contributed by atoms with E-state index >= 15 is 0 Å². The third kappa shape index (κ3) is 2.80. The van der Waals surface area contributed by atoms with Crippen LogP contribution in [0.2, 0.25) is 0 Å². The molecule has 3 amide bonds. The Kier molecular flexibility index (Phi) is 4.19. The van der Waals surface area contributed by atoms with E-state index in [-0.39, 0.29) is 48.1 Å². The van der Waals surface area contributed by atoms with Crippen molar-refractivity contribution in [2.75, 3.05) is 11.6 Å². The van der Waals surface area contributed by atoms with Crippen LogP contribution in [0.1, 0.15) is 27.9 Å². The van der Waals surface area contributed by atoms with E-state index < -0.39 is 0 Å². The third-order valence-corrected chi connectivity index (χ3v) is 7.82. The molecular weight excluding hydrogens is 400 g/mol. The van der Waals surface area contributed by atoms with Gasteiger partial charge in [-0.2, -0.15) is 0 Å². The molecule has 2 aromatic carbocycles. The molecule has 2 aromatic rings. The van der Waals surface area contributed by atoms with Gasteiger partial charge in [-0.1, -0.05) is 36.4 Å². The Labute approximate surface area is 187 Å². The molecule has 162 valence electrons. The normalized spacial score (nSPS) is 31.5. The summed E-state index contributed by atoms with van der Waals surface area (Å²) in [6.07, 6.45) is 5.48. The lowest BCUT2D eigenvalue weighted by Crippen LogP contribution is -2.45. The largest absolute Gasteiger partial charge is 0.290 e. The van der Waals surface area contributed by atoms with Crippen molar-refractivity contribution >= 4 is 23.4 Å². The fraction of sp³-hybridized carbons (Fsp3) is 0.370. The van der Waals surface area contributed by atoms with Crippen molar-refractivity contribution in [1.29, 1.82) is 0 Å². The standard InChI is InChI=1S/C27H26N2O3/c1-15-10-16(2)12-18(11-15)28(25(30)17-6-4-3-5-7-17)14-29-26(31)23-19-8-9-20(22-13-21(19)22)24(23)27(29)32/h3-12,19-24H,13-14H2,1-2H3/t19-,20-,21-,22-,23+,24+/m0/s1. The number of carbonyl (C=O) groups is 3. The highest BCUT2D eigenvalue weighted by molar-refractivity contribution is 6.10. The number of nitrogens with zero attached hydrogens (tertiary/aromatic N) is 2. The molecule has 3 fully saturated rings. The number of imide groups is 1. The van der Waals surface area contributed by atoms with Gasteiger partial charge in [-0.25, -0.2) is 0 Å². The van der Waals surface area contributed by atoms with Gasteiger partial charge >= 0.3 is 0 Å². The first-order valence-corrected chi connectivity index (χ1v) is 11.4. The molecule has 2 saturated carbocycles. The van der Waals surface area contributed by atoms with Gasteiger partial charge in [-0.05, 0) is 79.3 Å². The fourth-order valence-electron chi connectivity index (χ4n) is 6.41. The van der Waals surface area contributed by atoms with Gasteiger partial charge in [0.15, 0.2) is 0 Å². The molecule has 32 heavy (non-hydrogen) atoms. The monoisotopic (exact) mass is 426 g/mol. The molecular formula is C27H26N2O3. The SMILES string of the molecule is Cc1cc(C)cc(N(CN2C(=O)[C@@H]3[C@H]4C=C[C@@H]([C@@H]5C[C@@H]45)[C@H]3C2=O)C(=O)c2ccccc2)c1. The summed E-state index contributed by atoms with van der Waals surface area (Å²) in [4.78, 5) is 43.5. The highest BCUT2D eigenvalue weighted by atomic mass is 16.2. The summed E-state index contributed by atoms with van der Waals surface area (Å²) in [5, 5.41) is 0. The first kappa shape index (κ1) is 19.5. The van der Waals surface area contributed by atoms with Crippen molar-refractivity contribution in [2.45, 2.75) is 20.3 Å². The van der Waals surface area contributed by atoms with Crippen LogP contribution >= 0.6 is 0 Å². The average Bonchev–Trinajstić information content (AvgIpc) is 3.57. The van der Waals surface area contributed by atoms with E-state index in [1.54, 1.807) is 17.0 Å². The van der Waals surface area contributed by atoms with E-state index in [1.807, 2.05) is 50.2 Å².